The summed E-state index contributed by atoms with van der Waals surface area (Å²) in [4.78, 5) is 32.1. The number of aryl methyl sites for hydroxylation is 4. The molecule has 4 rings (SSSR count). The average Bonchev–Trinajstić information content (AvgIpc) is 3.10. The van der Waals surface area contributed by atoms with Crippen LogP contribution in [0.25, 0.3) is 10.2 Å². The van der Waals surface area contributed by atoms with E-state index in [2.05, 4.69) is 31.4 Å². The quantitative estimate of drug-likeness (QED) is 0.688. The van der Waals surface area contributed by atoms with Crippen LogP contribution in [0.2, 0.25) is 0 Å². The van der Waals surface area contributed by atoms with Crippen molar-refractivity contribution in [3.63, 3.8) is 0 Å². The maximum absolute atomic E-state index is 13.0. The van der Waals surface area contributed by atoms with Crippen molar-refractivity contribution in [3.8, 4) is 0 Å². The standard InChI is InChI=1S/C16H16BrN5O2S/c1-8-18-15-12(9-5-3-4-6-11(9)25-15)16(24)22(8)20-14(23)13-10(17)7-21(2)19-13/h7H,3-6H2,1-2H3,(H,20,23). The highest BCUT2D eigenvalue weighted by Gasteiger charge is 2.23. The van der Waals surface area contributed by atoms with Gasteiger partial charge in [-0.3, -0.25) is 19.7 Å². The highest BCUT2D eigenvalue weighted by atomic mass is 79.9. The topological polar surface area (TPSA) is 81.8 Å². The first kappa shape index (κ1) is 16.5. The molecular weight excluding hydrogens is 406 g/mol. The molecule has 0 aliphatic heterocycles. The van der Waals surface area contributed by atoms with Gasteiger partial charge in [-0.25, -0.2) is 9.66 Å². The Bertz CT molecular complexity index is 1060. The molecule has 0 aromatic carbocycles. The molecular formula is C16H16BrN5O2S. The van der Waals surface area contributed by atoms with Crippen molar-refractivity contribution >= 4 is 43.4 Å². The summed E-state index contributed by atoms with van der Waals surface area (Å²) in [7, 11) is 1.73. The predicted octanol–water partition coefficient (Wildman–Crippen LogP) is 2.53. The SMILES string of the molecule is Cc1nc2sc3c(c2c(=O)n1NC(=O)c1nn(C)cc1Br)CCCC3. The van der Waals surface area contributed by atoms with Gasteiger partial charge in [0.2, 0.25) is 0 Å². The Morgan fingerprint density at radius 1 is 1.36 bits per heavy atom. The normalized spacial score (nSPS) is 13.9. The molecule has 1 N–H and O–H groups in total. The van der Waals surface area contributed by atoms with E-state index in [1.54, 1.807) is 31.5 Å². The number of carbonyl (C=O) groups excluding carboxylic acids is 1. The predicted molar refractivity (Wildman–Crippen MR) is 99.9 cm³/mol. The van der Waals surface area contributed by atoms with Crippen LogP contribution in [0.4, 0.5) is 0 Å². The van der Waals surface area contributed by atoms with Crippen molar-refractivity contribution in [2.24, 2.45) is 7.05 Å². The summed E-state index contributed by atoms with van der Waals surface area (Å²) in [6.07, 6.45) is 5.81. The van der Waals surface area contributed by atoms with Gasteiger partial charge in [-0.2, -0.15) is 5.10 Å². The van der Waals surface area contributed by atoms with Crippen LogP contribution in [0.5, 0.6) is 0 Å². The van der Waals surface area contributed by atoms with Gasteiger partial charge in [-0.1, -0.05) is 0 Å². The maximum atomic E-state index is 13.0. The minimum Gasteiger partial charge on any atom is -0.274 e. The van der Waals surface area contributed by atoms with E-state index in [4.69, 9.17) is 0 Å². The lowest BCUT2D eigenvalue weighted by atomic mass is 9.97. The monoisotopic (exact) mass is 421 g/mol. The third-order valence-electron chi connectivity index (χ3n) is 4.37. The second-order valence-corrected chi connectivity index (χ2v) is 8.07. The molecule has 0 saturated carbocycles. The first-order valence-corrected chi connectivity index (χ1v) is 9.61. The van der Waals surface area contributed by atoms with Crippen LogP contribution in [0.15, 0.2) is 15.5 Å². The van der Waals surface area contributed by atoms with Crippen molar-refractivity contribution < 1.29 is 4.79 Å². The van der Waals surface area contributed by atoms with Crippen LogP contribution in [0, 0.1) is 6.92 Å². The largest absolute Gasteiger partial charge is 0.291 e. The van der Waals surface area contributed by atoms with E-state index in [0.717, 1.165) is 36.1 Å². The third kappa shape index (κ3) is 2.71. The number of fused-ring (bicyclic) bond motifs is 3. The first-order valence-electron chi connectivity index (χ1n) is 8.00. The number of rotatable bonds is 2. The van der Waals surface area contributed by atoms with Crippen LogP contribution >= 0.6 is 27.3 Å². The number of nitrogens with one attached hydrogen (secondary N) is 1. The summed E-state index contributed by atoms with van der Waals surface area (Å²) in [5.41, 5.74) is 3.75. The van der Waals surface area contributed by atoms with Crippen molar-refractivity contribution in [1.29, 1.82) is 0 Å². The minimum atomic E-state index is -0.456. The summed E-state index contributed by atoms with van der Waals surface area (Å²) >= 11 is 4.90. The molecule has 0 fully saturated rings. The molecule has 7 nitrogen and oxygen atoms in total. The van der Waals surface area contributed by atoms with Gasteiger partial charge >= 0.3 is 0 Å². The molecule has 0 bridgehead atoms. The highest BCUT2D eigenvalue weighted by Crippen LogP contribution is 2.33. The smallest absolute Gasteiger partial charge is 0.274 e. The zero-order valence-electron chi connectivity index (χ0n) is 13.8. The Labute approximate surface area is 155 Å². The second-order valence-electron chi connectivity index (χ2n) is 6.13. The van der Waals surface area contributed by atoms with Crippen molar-refractivity contribution in [2.45, 2.75) is 32.6 Å². The van der Waals surface area contributed by atoms with E-state index < -0.39 is 5.91 Å². The van der Waals surface area contributed by atoms with Crippen molar-refractivity contribution in [3.05, 3.63) is 43.0 Å². The number of carbonyl (C=O) groups is 1. The van der Waals surface area contributed by atoms with E-state index >= 15 is 0 Å². The Morgan fingerprint density at radius 3 is 2.84 bits per heavy atom. The van der Waals surface area contributed by atoms with E-state index in [0.29, 0.717) is 15.7 Å². The molecule has 1 amide bonds. The molecule has 0 radical (unpaired) electrons. The van der Waals surface area contributed by atoms with Crippen molar-refractivity contribution in [2.75, 3.05) is 5.43 Å². The molecule has 3 aromatic rings. The number of hydrogen-bond donors (Lipinski definition) is 1. The van der Waals surface area contributed by atoms with E-state index in [1.165, 1.54) is 14.2 Å². The van der Waals surface area contributed by atoms with Gasteiger partial charge in [-0.15, -0.1) is 11.3 Å². The zero-order chi connectivity index (χ0) is 17.7. The van der Waals surface area contributed by atoms with Gasteiger partial charge < -0.3 is 0 Å². The van der Waals surface area contributed by atoms with Crippen LogP contribution < -0.4 is 11.0 Å². The molecule has 0 saturated heterocycles. The van der Waals surface area contributed by atoms with Crippen LogP contribution in [-0.4, -0.2) is 25.3 Å². The van der Waals surface area contributed by atoms with Gasteiger partial charge in [0.25, 0.3) is 11.5 Å². The first-order chi connectivity index (χ1) is 12.0. The summed E-state index contributed by atoms with van der Waals surface area (Å²) < 4.78 is 3.33. The fourth-order valence-electron chi connectivity index (χ4n) is 3.21. The van der Waals surface area contributed by atoms with E-state index in [9.17, 15) is 9.59 Å². The zero-order valence-corrected chi connectivity index (χ0v) is 16.2. The fraction of sp³-hybridized carbons (Fsp3) is 0.375. The number of amides is 1. The fourth-order valence-corrected chi connectivity index (χ4v) is 5.06. The number of hydrogen-bond acceptors (Lipinski definition) is 5. The van der Waals surface area contributed by atoms with E-state index in [-0.39, 0.29) is 11.3 Å². The summed E-state index contributed by atoms with van der Waals surface area (Å²) in [6.45, 7) is 1.72. The second kappa shape index (κ2) is 6.06. The molecule has 130 valence electrons. The number of halogens is 1. The number of thiophene rings is 1. The summed E-state index contributed by atoms with van der Waals surface area (Å²) in [5, 5.41) is 4.76. The van der Waals surface area contributed by atoms with Gasteiger partial charge in [0.05, 0.1) is 9.86 Å². The summed E-state index contributed by atoms with van der Waals surface area (Å²) in [6, 6.07) is 0. The lowest BCUT2D eigenvalue weighted by Gasteiger charge is -2.12. The van der Waals surface area contributed by atoms with Crippen LogP contribution in [0.1, 0.15) is 39.6 Å². The minimum absolute atomic E-state index is 0.220. The molecule has 0 spiro atoms. The lowest BCUT2D eigenvalue weighted by Crippen LogP contribution is -2.36. The molecule has 1 aliphatic rings. The Hall–Kier alpha value is -2.00. The molecule has 1 aliphatic carbocycles. The van der Waals surface area contributed by atoms with Gasteiger partial charge in [0, 0.05) is 18.1 Å². The van der Waals surface area contributed by atoms with Crippen LogP contribution in [-0.2, 0) is 19.9 Å². The molecule has 0 unspecified atom stereocenters. The Kier molecular flexibility index (Phi) is 3.99. The van der Waals surface area contributed by atoms with Crippen molar-refractivity contribution in [1.82, 2.24) is 19.4 Å². The molecule has 25 heavy (non-hydrogen) atoms. The molecule has 0 atom stereocenters. The lowest BCUT2D eigenvalue weighted by molar-refractivity contribution is 0.1000. The Balaban J connectivity index is 1.81. The van der Waals surface area contributed by atoms with Gasteiger partial charge in [0.1, 0.15) is 10.7 Å². The van der Waals surface area contributed by atoms with E-state index in [1.807, 2.05) is 0 Å². The van der Waals surface area contributed by atoms with Crippen LogP contribution in [0.3, 0.4) is 0 Å². The third-order valence-corrected chi connectivity index (χ3v) is 6.14. The maximum Gasteiger partial charge on any atom is 0.291 e. The Morgan fingerprint density at radius 2 is 2.12 bits per heavy atom. The highest BCUT2D eigenvalue weighted by molar-refractivity contribution is 9.10. The van der Waals surface area contributed by atoms with Gasteiger partial charge in [-0.05, 0) is 54.1 Å². The number of nitrogens with zero attached hydrogens (tertiary/aromatic N) is 4. The average molecular weight is 422 g/mol. The molecule has 3 heterocycles. The number of aromatic nitrogens is 4. The molecule has 9 heteroatoms. The van der Waals surface area contributed by atoms with Gasteiger partial charge in [0.15, 0.2) is 5.69 Å². The summed E-state index contributed by atoms with van der Waals surface area (Å²) in [5.74, 6) is -0.000535. The molecule has 3 aromatic heterocycles.